The topological polar surface area (TPSA) is 68.9 Å². The van der Waals surface area contributed by atoms with Crippen LogP contribution in [0, 0.1) is 0 Å². The maximum Gasteiger partial charge on any atom is 0.350 e. The van der Waals surface area contributed by atoms with Gasteiger partial charge in [0.15, 0.2) is 0 Å². The maximum absolute atomic E-state index is 12.9. The first-order valence-corrected chi connectivity index (χ1v) is 9.31. The van der Waals surface area contributed by atoms with Gasteiger partial charge in [-0.15, -0.1) is 0 Å². The van der Waals surface area contributed by atoms with Gasteiger partial charge in [-0.1, -0.05) is 41.9 Å². The third-order valence-corrected chi connectivity index (χ3v) is 4.88. The molecule has 3 aromatic rings. The van der Waals surface area contributed by atoms with E-state index >= 15 is 0 Å². The number of rotatable bonds is 6. The van der Waals surface area contributed by atoms with E-state index < -0.39 is 0 Å². The summed E-state index contributed by atoms with van der Waals surface area (Å²) < 4.78 is 3.10. The van der Waals surface area contributed by atoms with Gasteiger partial charge in [0, 0.05) is 12.5 Å². The van der Waals surface area contributed by atoms with E-state index in [1.165, 1.54) is 4.68 Å². The van der Waals surface area contributed by atoms with E-state index in [0.717, 1.165) is 24.4 Å². The Balaban J connectivity index is 1.51. The molecule has 0 saturated heterocycles. The van der Waals surface area contributed by atoms with Gasteiger partial charge in [0.2, 0.25) is 0 Å². The summed E-state index contributed by atoms with van der Waals surface area (Å²) in [6, 6.07) is 16.4. The third-order valence-electron chi connectivity index (χ3n) is 4.55. The van der Waals surface area contributed by atoms with Gasteiger partial charge in [0.25, 0.3) is 5.91 Å². The maximum atomic E-state index is 12.9. The van der Waals surface area contributed by atoms with Gasteiger partial charge < -0.3 is 5.32 Å². The molecule has 0 atom stereocenters. The molecule has 1 aliphatic rings. The molecule has 4 rings (SSSR count). The average Bonchev–Trinajstić information content (AvgIpc) is 3.47. The van der Waals surface area contributed by atoms with Crippen LogP contribution in [0.15, 0.2) is 59.4 Å². The van der Waals surface area contributed by atoms with Crippen molar-refractivity contribution in [3.05, 3.63) is 81.5 Å². The van der Waals surface area contributed by atoms with Crippen LogP contribution in [-0.2, 0) is 6.54 Å². The van der Waals surface area contributed by atoms with Crippen molar-refractivity contribution in [3.8, 4) is 5.69 Å². The Labute approximate surface area is 161 Å². The number of benzene rings is 2. The molecule has 0 unspecified atom stereocenters. The van der Waals surface area contributed by atoms with Crippen molar-refractivity contribution in [2.75, 3.05) is 6.54 Å². The van der Waals surface area contributed by atoms with Gasteiger partial charge in [0.1, 0.15) is 5.82 Å². The van der Waals surface area contributed by atoms with Crippen LogP contribution in [0.2, 0.25) is 5.02 Å². The predicted molar refractivity (Wildman–Crippen MR) is 104 cm³/mol. The molecule has 6 nitrogen and oxygen atoms in total. The Morgan fingerprint density at radius 1 is 1.11 bits per heavy atom. The Morgan fingerprint density at radius 2 is 1.81 bits per heavy atom. The zero-order valence-corrected chi connectivity index (χ0v) is 15.4. The van der Waals surface area contributed by atoms with Crippen molar-refractivity contribution in [2.45, 2.75) is 25.3 Å². The summed E-state index contributed by atoms with van der Waals surface area (Å²) in [7, 11) is 0. The van der Waals surface area contributed by atoms with Crippen molar-refractivity contribution in [1.82, 2.24) is 19.7 Å². The Kier molecular flexibility index (Phi) is 4.81. The van der Waals surface area contributed by atoms with Crippen molar-refractivity contribution in [2.24, 2.45) is 0 Å². The van der Waals surface area contributed by atoms with Crippen LogP contribution in [0.4, 0.5) is 0 Å². The van der Waals surface area contributed by atoms with Crippen molar-refractivity contribution in [1.29, 1.82) is 0 Å². The zero-order chi connectivity index (χ0) is 18.8. The number of nitrogens with zero attached hydrogens (tertiary/aromatic N) is 3. The van der Waals surface area contributed by atoms with Gasteiger partial charge in [-0.05, 0) is 37.1 Å². The quantitative estimate of drug-likeness (QED) is 0.712. The fraction of sp³-hybridized carbons (Fsp3) is 0.250. The molecule has 138 valence electrons. The Hall–Kier alpha value is -2.86. The second-order valence-corrected chi connectivity index (χ2v) is 6.95. The van der Waals surface area contributed by atoms with E-state index in [1.807, 2.05) is 30.3 Å². The highest BCUT2D eigenvalue weighted by Gasteiger charge is 2.31. The Bertz CT molecular complexity index is 1020. The van der Waals surface area contributed by atoms with Crippen LogP contribution < -0.4 is 11.0 Å². The summed E-state index contributed by atoms with van der Waals surface area (Å²) in [4.78, 5) is 25.1. The lowest BCUT2D eigenvalue weighted by Gasteiger charge is -2.06. The molecule has 1 aromatic heterocycles. The van der Waals surface area contributed by atoms with Crippen LogP contribution in [0.25, 0.3) is 5.69 Å². The van der Waals surface area contributed by atoms with Crippen molar-refractivity contribution < 1.29 is 4.79 Å². The van der Waals surface area contributed by atoms with Gasteiger partial charge in [-0.3, -0.25) is 4.79 Å². The van der Waals surface area contributed by atoms with E-state index in [4.69, 9.17) is 11.6 Å². The number of hydrogen-bond acceptors (Lipinski definition) is 3. The van der Waals surface area contributed by atoms with E-state index in [2.05, 4.69) is 10.4 Å². The number of aromatic nitrogens is 3. The van der Waals surface area contributed by atoms with E-state index in [0.29, 0.717) is 29.6 Å². The first-order valence-electron chi connectivity index (χ1n) is 8.93. The molecule has 0 spiro atoms. The van der Waals surface area contributed by atoms with Crippen molar-refractivity contribution in [3.63, 3.8) is 0 Å². The summed E-state index contributed by atoms with van der Waals surface area (Å²) in [6.07, 6.45) is 2.10. The molecule has 7 heteroatoms. The smallest absolute Gasteiger partial charge is 0.350 e. The number of amides is 1. The van der Waals surface area contributed by atoms with Crippen LogP contribution >= 0.6 is 11.6 Å². The second-order valence-electron chi connectivity index (χ2n) is 6.54. The molecular weight excluding hydrogens is 364 g/mol. The second kappa shape index (κ2) is 7.40. The number of carbonyl (C=O) groups is 1. The summed E-state index contributed by atoms with van der Waals surface area (Å²) in [6.45, 7) is 0.592. The highest BCUT2D eigenvalue weighted by molar-refractivity contribution is 6.33. The molecule has 1 N–H and O–H groups in total. The number of halogens is 1. The monoisotopic (exact) mass is 382 g/mol. The lowest BCUT2D eigenvalue weighted by molar-refractivity contribution is 0.0952. The van der Waals surface area contributed by atoms with Gasteiger partial charge >= 0.3 is 5.69 Å². The highest BCUT2D eigenvalue weighted by atomic mass is 35.5. The lowest BCUT2D eigenvalue weighted by Crippen LogP contribution is -2.32. The fourth-order valence-corrected chi connectivity index (χ4v) is 3.23. The minimum atomic E-state index is -0.265. The third kappa shape index (κ3) is 3.66. The highest BCUT2D eigenvalue weighted by Crippen LogP contribution is 2.39. The standard InChI is InChI=1S/C20H19ClN4O2/c21-17-9-5-4-8-16(17)19(26)22-12-13-24-20(27)25(15-6-2-1-3-7-15)18(23-24)14-10-11-14/h1-9,14H,10-13H2,(H,22,26). The summed E-state index contributed by atoms with van der Waals surface area (Å²) >= 11 is 6.04. The van der Waals surface area contributed by atoms with E-state index in [1.54, 1.807) is 28.8 Å². The van der Waals surface area contributed by atoms with Crippen molar-refractivity contribution >= 4 is 17.5 Å². The molecule has 0 bridgehead atoms. The summed E-state index contributed by atoms with van der Waals surface area (Å²) in [5.74, 6) is 0.860. The number of hydrogen-bond donors (Lipinski definition) is 1. The molecule has 1 aliphatic carbocycles. The summed E-state index contributed by atoms with van der Waals surface area (Å²) in [5.41, 5.74) is 1.05. The largest absolute Gasteiger partial charge is 0.350 e. The van der Waals surface area contributed by atoms with Crippen LogP contribution in [0.5, 0.6) is 0 Å². The van der Waals surface area contributed by atoms with E-state index in [-0.39, 0.29) is 11.6 Å². The molecule has 1 fully saturated rings. The minimum absolute atomic E-state index is 0.185. The number of nitrogens with one attached hydrogen (secondary N) is 1. The molecule has 2 aromatic carbocycles. The van der Waals surface area contributed by atoms with Gasteiger partial charge in [0.05, 0.1) is 22.8 Å². The molecule has 1 saturated carbocycles. The molecule has 1 amide bonds. The molecule has 0 aliphatic heterocycles. The SMILES string of the molecule is O=C(NCCn1nc(C2CC2)n(-c2ccccc2)c1=O)c1ccccc1Cl. The molecule has 0 radical (unpaired) electrons. The Morgan fingerprint density at radius 3 is 2.52 bits per heavy atom. The van der Waals surface area contributed by atoms with Gasteiger partial charge in [-0.2, -0.15) is 5.10 Å². The molecular formula is C20H19ClN4O2. The predicted octanol–water partition coefficient (Wildman–Crippen LogP) is 2.99. The zero-order valence-electron chi connectivity index (χ0n) is 14.6. The summed E-state index contributed by atoms with van der Waals surface area (Å²) in [5, 5.41) is 7.72. The van der Waals surface area contributed by atoms with Crippen LogP contribution in [0.3, 0.4) is 0 Å². The van der Waals surface area contributed by atoms with Crippen LogP contribution in [-0.4, -0.2) is 26.8 Å². The van der Waals surface area contributed by atoms with Crippen LogP contribution in [0.1, 0.15) is 34.9 Å². The average molecular weight is 383 g/mol. The van der Waals surface area contributed by atoms with Gasteiger partial charge in [-0.25, -0.2) is 14.0 Å². The molecule has 27 heavy (non-hydrogen) atoms. The fourth-order valence-electron chi connectivity index (χ4n) is 3.01. The first kappa shape index (κ1) is 17.5. The van der Waals surface area contributed by atoms with E-state index in [9.17, 15) is 9.59 Å². The number of para-hydroxylation sites is 1. The number of carbonyl (C=O) groups excluding carboxylic acids is 1. The molecule has 1 heterocycles. The first-order chi connectivity index (χ1) is 13.1. The normalized spacial score (nSPS) is 13.5. The lowest BCUT2D eigenvalue weighted by atomic mass is 10.2. The minimum Gasteiger partial charge on any atom is -0.350 e.